The molecule has 0 fully saturated rings. The number of carboxylic acids is 1. The molecule has 2 amide bonds. The largest absolute Gasteiger partial charge is 0.480 e. The summed E-state index contributed by atoms with van der Waals surface area (Å²) < 4.78 is 0. The predicted octanol–water partition coefficient (Wildman–Crippen LogP) is 1.87. The van der Waals surface area contributed by atoms with Crippen molar-refractivity contribution >= 4 is 29.0 Å². The van der Waals surface area contributed by atoms with Gasteiger partial charge in [-0.3, -0.25) is 9.88 Å². The number of carbonyl (C=O) groups excluding carboxylic acids is 1. The van der Waals surface area contributed by atoms with E-state index in [0.29, 0.717) is 18.7 Å². The van der Waals surface area contributed by atoms with Crippen molar-refractivity contribution in [2.24, 2.45) is 0 Å². The molecule has 1 aliphatic rings. The first-order chi connectivity index (χ1) is 10.2. The normalized spacial score (nSPS) is 16.6. The van der Waals surface area contributed by atoms with E-state index in [1.807, 2.05) is 12.1 Å². The maximum absolute atomic E-state index is 12.4. The fourth-order valence-corrected chi connectivity index (χ4v) is 2.95. The first-order valence-electron chi connectivity index (χ1n) is 6.42. The highest BCUT2D eigenvalue weighted by atomic mass is 32.1. The fourth-order valence-electron chi connectivity index (χ4n) is 2.41. The Morgan fingerprint density at radius 3 is 2.95 bits per heavy atom. The molecule has 2 heterocycles. The van der Waals surface area contributed by atoms with Crippen LogP contribution in [-0.4, -0.2) is 28.1 Å². The molecular formula is C14H13N3O3S. The average Bonchev–Trinajstić information content (AvgIpc) is 3.11. The third-order valence-electron chi connectivity index (χ3n) is 3.38. The van der Waals surface area contributed by atoms with E-state index in [0.717, 1.165) is 10.4 Å². The summed E-state index contributed by atoms with van der Waals surface area (Å²) in [4.78, 5) is 29.9. The van der Waals surface area contributed by atoms with E-state index >= 15 is 0 Å². The second-order valence-electron chi connectivity index (χ2n) is 4.68. The number of nitrogens with one attached hydrogen (secondary N) is 1. The second kappa shape index (κ2) is 5.53. The number of aromatic nitrogens is 1. The Morgan fingerprint density at radius 2 is 2.24 bits per heavy atom. The van der Waals surface area contributed by atoms with Gasteiger partial charge in [-0.25, -0.2) is 9.59 Å². The highest BCUT2D eigenvalue weighted by Crippen LogP contribution is 2.32. The van der Waals surface area contributed by atoms with E-state index < -0.39 is 18.0 Å². The molecule has 1 atom stereocenters. The number of amides is 2. The van der Waals surface area contributed by atoms with Gasteiger partial charge in [-0.1, -0.05) is 18.2 Å². The van der Waals surface area contributed by atoms with Gasteiger partial charge >= 0.3 is 12.0 Å². The van der Waals surface area contributed by atoms with Crippen LogP contribution in [0.25, 0.3) is 0 Å². The Morgan fingerprint density at radius 1 is 1.43 bits per heavy atom. The molecule has 0 saturated carbocycles. The maximum atomic E-state index is 12.4. The zero-order chi connectivity index (χ0) is 14.8. The third-order valence-corrected chi connectivity index (χ3v) is 4.16. The fraction of sp³-hybridized carbons (Fsp3) is 0.214. The summed E-state index contributed by atoms with van der Waals surface area (Å²) in [5.41, 5.74) is 3.22. The monoisotopic (exact) mass is 303 g/mol. The van der Waals surface area contributed by atoms with Crippen molar-refractivity contribution in [3.63, 3.8) is 0 Å². The van der Waals surface area contributed by atoms with Crippen molar-refractivity contribution in [1.82, 2.24) is 10.3 Å². The van der Waals surface area contributed by atoms with Crippen LogP contribution < -0.4 is 10.2 Å². The average molecular weight is 303 g/mol. The number of fused-ring (bicyclic) bond motifs is 1. The number of hydrogen-bond acceptors (Lipinski definition) is 4. The Balaban J connectivity index is 1.80. The highest BCUT2D eigenvalue weighted by molar-refractivity contribution is 7.09. The standard InChI is InChI=1S/C14H13N3O3S/c18-13(19)12-5-9-3-1-2-4-11(9)17(12)14(20)16-7-10-6-15-8-21-10/h1-4,6,8,12H,5,7H2,(H,16,20)(H,18,19). The van der Waals surface area contributed by atoms with Crippen LogP contribution in [0.5, 0.6) is 0 Å². The summed E-state index contributed by atoms with van der Waals surface area (Å²) in [5, 5.41) is 12.1. The quantitative estimate of drug-likeness (QED) is 0.907. The zero-order valence-electron chi connectivity index (χ0n) is 11.0. The topological polar surface area (TPSA) is 82.5 Å². The second-order valence-corrected chi connectivity index (χ2v) is 5.65. The molecule has 1 aliphatic heterocycles. The van der Waals surface area contributed by atoms with Crippen LogP contribution in [0.3, 0.4) is 0 Å². The number of para-hydroxylation sites is 1. The van der Waals surface area contributed by atoms with Gasteiger partial charge in [-0.15, -0.1) is 11.3 Å². The molecular weight excluding hydrogens is 290 g/mol. The van der Waals surface area contributed by atoms with Crippen LogP contribution in [0.2, 0.25) is 0 Å². The molecule has 2 aromatic rings. The van der Waals surface area contributed by atoms with Crippen LogP contribution in [-0.2, 0) is 17.8 Å². The van der Waals surface area contributed by atoms with Gasteiger partial charge in [0.15, 0.2) is 0 Å². The number of benzene rings is 1. The van der Waals surface area contributed by atoms with Crippen LogP contribution in [0, 0.1) is 0 Å². The zero-order valence-corrected chi connectivity index (χ0v) is 11.8. The van der Waals surface area contributed by atoms with Gasteiger partial charge in [0.25, 0.3) is 0 Å². The maximum Gasteiger partial charge on any atom is 0.327 e. The summed E-state index contributed by atoms with van der Waals surface area (Å²) >= 11 is 1.44. The molecule has 0 saturated heterocycles. The van der Waals surface area contributed by atoms with Crippen LogP contribution >= 0.6 is 11.3 Å². The lowest BCUT2D eigenvalue weighted by molar-refractivity contribution is -0.138. The van der Waals surface area contributed by atoms with E-state index in [-0.39, 0.29) is 0 Å². The van der Waals surface area contributed by atoms with Crippen LogP contribution in [0.1, 0.15) is 10.4 Å². The van der Waals surface area contributed by atoms with Gasteiger partial charge in [0.1, 0.15) is 6.04 Å². The number of anilines is 1. The summed E-state index contributed by atoms with van der Waals surface area (Å²) in [5.74, 6) is -1.00. The highest BCUT2D eigenvalue weighted by Gasteiger charge is 2.38. The smallest absolute Gasteiger partial charge is 0.327 e. The van der Waals surface area contributed by atoms with E-state index in [1.54, 1.807) is 23.8 Å². The van der Waals surface area contributed by atoms with Crippen LogP contribution in [0.4, 0.5) is 10.5 Å². The number of urea groups is 1. The Hall–Kier alpha value is -2.41. The van der Waals surface area contributed by atoms with Gasteiger partial charge in [0.2, 0.25) is 0 Å². The molecule has 6 nitrogen and oxygen atoms in total. The predicted molar refractivity (Wildman–Crippen MR) is 78.4 cm³/mol. The molecule has 2 N–H and O–H groups in total. The third kappa shape index (κ3) is 2.59. The van der Waals surface area contributed by atoms with E-state index in [9.17, 15) is 14.7 Å². The van der Waals surface area contributed by atoms with E-state index in [1.165, 1.54) is 16.2 Å². The lowest BCUT2D eigenvalue weighted by Crippen LogP contribution is -2.47. The van der Waals surface area contributed by atoms with Crippen molar-refractivity contribution in [1.29, 1.82) is 0 Å². The molecule has 1 unspecified atom stereocenters. The van der Waals surface area contributed by atoms with Crippen molar-refractivity contribution in [3.05, 3.63) is 46.4 Å². The SMILES string of the molecule is O=C(O)C1Cc2ccccc2N1C(=O)NCc1cncs1. The molecule has 0 aliphatic carbocycles. The first-order valence-corrected chi connectivity index (χ1v) is 7.30. The van der Waals surface area contributed by atoms with Gasteiger partial charge in [0, 0.05) is 23.2 Å². The summed E-state index contributed by atoms with van der Waals surface area (Å²) in [6.07, 6.45) is 2.01. The van der Waals surface area contributed by atoms with Gasteiger partial charge in [0.05, 0.1) is 12.1 Å². The molecule has 0 bridgehead atoms. The molecule has 3 rings (SSSR count). The first kappa shape index (κ1) is 13.6. The minimum atomic E-state index is -1.00. The van der Waals surface area contributed by atoms with Gasteiger partial charge in [-0.2, -0.15) is 0 Å². The van der Waals surface area contributed by atoms with Crippen molar-refractivity contribution in [2.75, 3.05) is 4.90 Å². The number of carbonyl (C=O) groups is 2. The van der Waals surface area contributed by atoms with Crippen molar-refractivity contribution in [2.45, 2.75) is 19.0 Å². The molecule has 108 valence electrons. The van der Waals surface area contributed by atoms with E-state index in [2.05, 4.69) is 10.3 Å². The van der Waals surface area contributed by atoms with E-state index in [4.69, 9.17) is 0 Å². The Labute approximate surface area is 125 Å². The molecule has 1 aromatic carbocycles. The molecule has 0 spiro atoms. The molecule has 1 aromatic heterocycles. The number of aliphatic carboxylic acids is 1. The number of carboxylic acid groups (broad SMARTS) is 1. The minimum absolute atomic E-state index is 0.333. The molecule has 7 heteroatoms. The molecule has 0 radical (unpaired) electrons. The lowest BCUT2D eigenvalue weighted by atomic mass is 10.1. The summed E-state index contributed by atoms with van der Waals surface area (Å²) in [7, 11) is 0. The van der Waals surface area contributed by atoms with Crippen LogP contribution in [0.15, 0.2) is 36.0 Å². The van der Waals surface area contributed by atoms with Crippen molar-refractivity contribution < 1.29 is 14.7 Å². The number of rotatable bonds is 3. The Bertz CT molecular complexity index is 672. The molecule has 21 heavy (non-hydrogen) atoms. The summed E-state index contributed by atoms with van der Waals surface area (Å²) in [6, 6.07) is 6.00. The number of hydrogen-bond donors (Lipinski definition) is 2. The van der Waals surface area contributed by atoms with Gasteiger partial charge in [-0.05, 0) is 11.6 Å². The Kier molecular flexibility index (Phi) is 3.57. The van der Waals surface area contributed by atoms with Crippen molar-refractivity contribution in [3.8, 4) is 0 Å². The minimum Gasteiger partial charge on any atom is -0.480 e. The lowest BCUT2D eigenvalue weighted by Gasteiger charge is -2.22. The van der Waals surface area contributed by atoms with Gasteiger partial charge < -0.3 is 10.4 Å². The summed E-state index contributed by atoms with van der Waals surface area (Å²) in [6.45, 7) is 0.342. The number of nitrogens with zero attached hydrogens (tertiary/aromatic N) is 2. The number of thiazole rings is 1.